The first-order valence-corrected chi connectivity index (χ1v) is 12.6. The number of fused-ring (bicyclic) bond motifs is 1. The first-order chi connectivity index (χ1) is 17.8. The Kier molecular flexibility index (Phi) is 7.23. The van der Waals surface area contributed by atoms with E-state index in [-0.39, 0.29) is 25.3 Å². The fourth-order valence-corrected chi connectivity index (χ4v) is 5.17. The predicted molar refractivity (Wildman–Crippen MR) is 139 cm³/mol. The molecule has 194 valence electrons. The summed E-state index contributed by atoms with van der Waals surface area (Å²) in [6.07, 6.45) is 5.37. The van der Waals surface area contributed by atoms with Crippen molar-refractivity contribution >= 4 is 17.1 Å². The predicted octanol–water partition coefficient (Wildman–Crippen LogP) is 2.62. The van der Waals surface area contributed by atoms with Gasteiger partial charge < -0.3 is 10.1 Å². The van der Waals surface area contributed by atoms with Crippen LogP contribution in [0.4, 0.5) is 4.39 Å². The van der Waals surface area contributed by atoms with Crippen LogP contribution < -0.4 is 16.6 Å². The van der Waals surface area contributed by atoms with Gasteiger partial charge in [0, 0.05) is 48.6 Å². The molecule has 1 saturated heterocycles. The summed E-state index contributed by atoms with van der Waals surface area (Å²) in [5.41, 5.74) is 4.08. The summed E-state index contributed by atoms with van der Waals surface area (Å²) in [5.74, 6) is 0. The molecule has 9 nitrogen and oxygen atoms in total. The van der Waals surface area contributed by atoms with Crippen LogP contribution >= 0.6 is 11.6 Å². The minimum Gasteiger partial charge on any atom is -0.372 e. The van der Waals surface area contributed by atoms with Gasteiger partial charge in [-0.1, -0.05) is 11.6 Å². The molecule has 37 heavy (non-hydrogen) atoms. The second-order valence-corrected chi connectivity index (χ2v) is 9.81. The van der Waals surface area contributed by atoms with Crippen molar-refractivity contribution in [1.82, 2.24) is 29.0 Å². The molecule has 11 heteroatoms. The second kappa shape index (κ2) is 10.6. The van der Waals surface area contributed by atoms with Crippen molar-refractivity contribution in [3.05, 3.63) is 85.5 Å². The van der Waals surface area contributed by atoms with Crippen molar-refractivity contribution in [2.75, 3.05) is 19.8 Å². The largest absolute Gasteiger partial charge is 0.372 e. The molecule has 4 heterocycles. The number of halogens is 2. The Hall–Kier alpha value is -3.34. The quantitative estimate of drug-likeness (QED) is 0.398. The number of benzene rings is 1. The number of alkyl halides is 1. The maximum Gasteiger partial charge on any atom is 0.331 e. The fraction of sp³-hybridized carbons (Fsp3) is 0.385. The molecule has 1 unspecified atom stereocenters. The van der Waals surface area contributed by atoms with Gasteiger partial charge in [0.15, 0.2) is 0 Å². The van der Waals surface area contributed by atoms with E-state index in [9.17, 15) is 14.0 Å². The zero-order valence-corrected chi connectivity index (χ0v) is 21.4. The molecule has 1 aliphatic rings. The smallest absolute Gasteiger partial charge is 0.331 e. The molecule has 0 radical (unpaired) electrons. The molecule has 5 rings (SSSR count). The topological polar surface area (TPSA) is 95.5 Å². The monoisotopic (exact) mass is 526 g/mol. The number of rotatable bonds is 7. The molecule has 2 atom stereocenters. The van der Waals surface area contributed by atoms with Crippen LogP contribution in [0, 0.1) is 6.92 Å². The van der Waals surface area contributed by atoms with E-state index in [1.54, 1.807) is 10.7 Å². The number of nitrogens with zero attached hydrogens (tertiary/aromatic N) is 5. The van der Waals surface area contributed by atoms with Gasteiger partial charge in [0.25, 0.3) is 5.56 Å². The van der Waals surface area contributed by atoms with E-state index in [0.717, 1.165) is 34.3 Å². The van der Waals surface area contributed by atoms with Gasteiger partial charge in [0.2, 0.25) is 0 Å². The molecular formula is C26H28ClFN6O3. The van der Waals surface area contributed by atoms with Crippen molar-refractivity contribution in [3.8, 4) is 11.3 Å². The second-order valence-electron chi connectivity index (χ2n) is 9.37. The van der Waals surface area contributed by atoms with Crippen LogP contribution in [0.3, 0.4) is 0 Å². The lowest BCUT2D eigenvalue weighted by Gasteiger charge is -2.30. The Morgan fingerprint density at radius 1 is 1.24 bits per heavy atom. The number of hydrogen-bond acceptors (Lipinski definition) is 6. The number of hydrogen-bond donors (Lipinski definition) is 1. The maximum atomic E-state index is 12.8. The minimum atomic E-state index is -0.699. The summed E-state index contributed by atoms with van der Waals surface area (Å²) >= 11 is 6.48. The molecule has 0 amide bonds. The van der Waals surface area contributed by atoms with Gasteiger partial charge in [-0.25, -0.2) is 18.7 Å². The van der Waals surface area contributed by atoms with Crippen LogP contribution in [-0.4, -0.2) is 55.7 Å². The van der Waals surface area contributed by atoms with Gasteiger partial charge in [-0.2, -0.15) is 5.10 Å². The third kappa shape index (κ3) is 5.22. The van der Waals surface area contributed by atoms with Gasteiger partial charge in [-0.05, 0) is 48.7 Å². The summed E-state index contributed by atoms with van der Waals surface area (Å²) in [6.45, 7) is 4.87. The van der Waals surface area contributed by atoms with Crippen molar-refractivity contribution in [3.63, 3.8) is 0 Å². The SMILES string of the molecule is Cc1cc(Cl)cc(-c2ncnn3cc(Cn4c(=O)ccn(CCF)c4=O)cc23)c1CC1CNC[C@H](C)O1. The van der Waals surface area contributed by atoms with E-state index in [1.807, 2.05) is 25.1 Å². The van der Waals surface area contributed by atoms with Gasteiger partial charge >= 0.3 is 5.69 Å². The van der Waals surface area contributed by atoms with Gasteiger partial charge in [-0.3, -0.25) is 13.9 Å². The molecule has 1 N–H and O–H groups in total. The number of morpholine rings is 1. The van der Waals surface area contributed by atoms with Gasteiger partial charge in [-0.15, -0.1) is 0 Å². The Labute approximate surface area is 217 Å². The summed E-state index contributed by atoms with van der Waals surface area (Å²) in [6, 6.07) is 6.96. The molecule has 0 aliphatic carbocycles. The summed E-state index contributed by atoms with van der Waals surface area (Å²) < 4.78 is 22.9. The van der Waals surface area contributed by atoms with E-state index in [1.165, 1.54) is 23.2 Å². The molecule has 0 spiro atoms. The average Bonchev–Trinajstić information content (AvgIpc) is 3.28. The zero-order valence-electron chi connectivity index (χ0n) is 20.7. The highest BCUT2D eigenvalue weighted by atomic mass is 35.5. The first kappa shape index (κ1) is 25.3. The summed E-state index contributed by atoms with van der Waals surface area (Å²) in [7, 11) is 0. The van der Waals surface area contributed by atoms with E-state index < -0.39 is 17.9 Å². The summed E-state index contributed by atoms with van der Waals surface area (Å²) in [4.78, 5) is 29.7. The molecule has 0 bridgehead atoms. The number of aromatic nitrogens is 5. The summed E-state index contributed by atoms with van der Waals surface area (Å²) in [5, 5.41) is 8.35. The molecule has 0 saturated carbocycles. The van der Waals surface area contributed by atoms with E-state index in [0.29, 0.717) is 28.2 Å². The lowest BCUT2D eigenvalue weighted by atomic mass is 9.93. The molecule has 1 aromatic carbocycles. The van der Waals surface area contributed by atoms with E-state index >= 15 is 0 Å². The maximum absolute atomic E-state index is 12.8. The standard InChI is InChI=1S/C26H28ClFN6O3/c1-16-7-19(27)9-22(21(16)10-20-12-29-11-17(2)37-20)25-23-8-18(14-34(23)31-15-30-25)13-33-24(35)3-5-32(6-4-28)26(33)36/h3,5,7-9,14-15,17,20,29H,4,6,10-13H2,1-2H3/t17-,20?/m0/s1. The normalized spacial score (nSPS) is 17.9. The number of ether oxygens (including phenoxy) is 1. The first-order valence-electron chi connectivity index (χ1n) is 12.2. The number of nitrogens with one attached hydrogen (secondary N) is 1. The van der Waals surface area contributed by atoms with Crippen LogP contribution in [0.1, 0.15) is 23.6 Å². The van der Waals surface area contributed by atoms with Crippen LogP contribution in [0.2, 0.25) is 5.02 Å². The number of aryl methyl sites for hydroxylation is 2. The Bertz CT molecular complexity index is 1560. The highest BCUT2D eigenvalue weighted by Crippen LogP contribution is 2.33. The molecule has 1 fully saturated rings. The highest BCUT2D eigenvalue weighted by molar-refractivity contribution is 6.31. The van der Waals surface area contributed by atoms with Crippen LogP contribution in [0.15, 0.2) is 52.6 Å². The Balaban J connectivity index is 1.56. The average molecular weight is 527 g/mol. The van der Waals surface area contributed by atoms with Crippen molar-refractivity contribution in [2.24, 2.45) is 0 Å². The third-order valence-corrected chi connectivity index (χ3v) is 6.84. The van der Waals surface area contributed by atoms with Crippen molar-refractivity contribution < 1.29 is 9.13 Å². The highest BCUT2D eigenvalue weighted by Gasteiger charge is 2.23. The molecule has 1 aliphatic heterocycles. The lowest BCUT2D eigenvalue weighted by molar-refractivity contribution is -0.0262. The van der Waals surface area contributed by atoms with E-state index in [2.05, 4.69) is 22.3 Å². The van der Waals surface area contributed by atoms with Crippen LogP contribution in [-0.2, 0) is 24.2 Å². The zero-order chi connectivity index (χ0) is 26.1. The van der Waals surface area contributed by atoms with Gasteiger partial charge in [0.1, 0.15) is 13.0 Å². The molecule has 3 aromatic heterocycles. The van der Waals surface area contributed by atoms with Crippen molar-refractivity contribution in [2.45, 2.75) is 45.6 Å². The Morgan fingerprint density at radius 2 is 2.08 bits per heavy atom. The molecular weight excluding hydrogens is 499 g/mol. The van der Waals surface area contributed by atoms with E-state index in [4.69, 9.17) is 16.3 Å². The third-order valence-electron chi connectivity index (χ3n) is 6.62. The molecule has 4 aromatic rings. The van der Waals surface area contributed by atoms with Crippen LogP contribution in [0.25, 0.3) is 16.8 Å². The Morgan fingerprint density at radius 3 is 2.86 bits per heavy atom. The minimum absolute atomic E-state index is 0.0130. The fourth-order valence-electron chi connectivity index (χ4n) is 4.90. The van der Waals surface area contributed by atoms with Gasteiger partial charge in [0.05, 0.1) is 36.5 Å². The van der Waals surface area contributed by atoms with Crippen molar-refractivity contribution in [1.29, 1.82) is 0 Å². The van der Waals surface area contributed by atoms with Crippen LogP contribution in [0.5, 0.6) is 0 Å². The lowest BCUT2D eigenvalue weighted by Crippen LogP contribution is -2.44.